The van der Waals surface area contributed by atoms with E-state index in [1.165, 1.54) is 23.5 Å². The molecule has 0 aromatic carbocycles. The fraction of sp³-hybridized carbons (Fsp3) is 0.400. The zero-order chi connectivity index (χ0) is 12.0. The second-order valence-corrected chi connectivity index (χ2v) is 5.13. The maximum atomic E-state index is 8.84. The number of aromatic nitrogens is 2. The SMILES string of the molecule is CCSc1nc(C#N)c(C#N)nc1SCC. The summed E-state index contributed by atoms with van der Waals surface area (Å²) in [7, 11) is 0. The van der Waals surface area contributed by atoms with Gasteiger partial charge in [-0.1, -0.05) is 13.8 Å². The standard InChI is InChI=1S/C10H10N4S2/c1-3-15-9-10(16-4-2)14-8(6-12)7(5-11)13-9/h3-4H2,1-2H3. The molecule has 0 aliphatic rings. The van der Waals surface area contributed by atoms with Crippen LogP contribution in [0.4, 0.5) is 0 Å². The van der Waals surface area contributed by atoms with Gasteiger partial charge in [0.1, 0.15) is 22.2 Å². The number of thioether (sulfide) groups is 2. The number of nitrogens with zero attached hydrogens (tertiary/aromatic N) is 4. The first kappa shape index (κ1) is 12.8. The molecule has 0 amide bonds. The lowest BCUT2D eigenvalue weighted by molar-refractivity contribution is 0.893. The predicted octanol–water partition coefficient (Wildman–Crippen LogP) is 2.44. The maximum absolute atomic E-state index is 8.84. The van der Waals surface area contributed by atoms with Gasteiger partial charge in [-0.15, -0.1) is 23.5 Å². The van der Waals surface area contributed by atoms with Crippen LogP contribution in [0.5, 0.6) is 0 Å². The van der Waals surface area contributed by atoms with Gasteiger partial charge in [-0.05, 0) is 11.5 Å². The minimum absolute atomic E-state index is 0.110. The topological polar surface area (TPSA) is 73.4 Å². The van der Waals surface area contributed by atoms with Crippen molar-refractivity contribution in [3.05, 3.63) is 11.4 Å². The summed E-state index contributed by atoms with van der Waals surface area (Å²) in [6.07, 6.45) is 0. The lowest BCUT2D eigenvalue weighted by Crippen LogP contribution is -1.99. The van der Waals surface area contributed by atoms with Crippen molar-refractivity contribution in [2.45, 2.75) is 23.9 Å². The molecule has 0 spiro atoms. The van der Waals surface area contributed by atoms with E-state index in [2.05, 4.69) is 9.97 Å². The molecular weight excluding hydrogens is 240 g/mol. The smallest absolute Gasteiger partial charge is 0.178 e. The number of nitriles is 2. The monoisotopic (exact) mass is 250 g/mol. The molecule has 0 fully saturated rings. The molecule has 0 aliphatic carbocycles. The Bertz CT molecular complexity index is 416. The van der Waals surface area contributed by atoms with Gasteiger partial charge in [-0.3, -0.25) is 0 Å². The van der Waals surface area contributed by atoms with Crippen LogP contribution in [0, 0.1) is 22.7 Å². The Hall–Kier alpha value is -1.24. The Morgan fingerprint density at radius 3 is 1.56 bits per heavy atom. The maximum Gasteiger partial charge on any atom is 0.178 e. The van der Waals surface area contributed by atoms with Crippen molar-refractivity contribution in [1.82, 2.24) is 9.97 Å². The highest BCUT2D eigenvalue weighted by Gasteiger charge is 2.13. The minimum Gasteiger partial charge on any atom is -0.225 e. The van der Waals surface area contributed by atoms with Crippen LogP contribution in [0.3, 0.4) is 0 Å². The molecule has 6 heteroatoms. The molecule has 0 radical (unpaired) electrons. The number of hydrogen-bond acceptors (Lipinski definition) is 6. The van der Waals surface area contributed by atoms with Crippen LogP contribution < -0.4 is 0 Å². The fourth-order valence-electron chi connectivity index (χ4n) is 1.02. The Labute approximate surface area is 103 Å². The molecule has 0 saturated carbocycles. The molecule has 82 valence electrons. The number of rotatable bonds is 4. The van der Waals surface area contributed by atoms with E-state index in [9.17, 15) is 0 Å². The van der Waals surface area contributed by atoms with Gasteiger partial charge in [0.2, 0.25) is 0 Å². The van der Waals surface area contributed by atoms with E-state index in [0.717, 1.165) is 21.6 Å². The first-order chi connectivity index (χ1) is 7.76. The molecule has 0 atom stereocenters. The predicted molar refractivity (Wildman–Crippen MR) is 64.3 cm³/mol. The molecule has 0 saturated heterocycles. The van der Waals surface area contributed by atoms with Crippen LogP contribution in [-0.4, -0.2) is 21.5 Å². The number of hydrogen-bond donors (Lipinski definition) is 0. The van der Waals surface area contributed by atoms with Crippen LogP contribution in [0.1, 0.15) is 25.2 Å². The first-order valence-corrected chi connectivity index (χ1v) is 6.71. The fourth-order valence-corrected chi connectivity index (χ4v) is 2.57. The van der Waals surface area contributed by atoms with E-state index >= 15 is 0 Å². The van der Waals surface area contributed by atoms with E-state index in [0.29, 0.717) is 0 Å². The van der Waals surface area contributed by atoms with Gasteiger partial charge in [0.15, 0.2) is 11.4 Å². The zero-order valence-corrected chi connectivity index (χ0v) is 10.7. The van der Waals surface area contributed by atoms with Gasteiger partial charge in [0, 0.05) is 0 Å². The quantitative estimate of drug-likeness (QED) is 0.764. The van der Waals surface area contributed by atoms with Crippen molar-refractivity contribution in [2.24, 2.45) is 0 Å². The van der Waals surface area contributed by atoms with Gasteiger partial charge in [0.05, 0.1) is 0 Å². The summed E-state index contributed by atoms with van der Waals surface area (Å²) >= 11 is 3.07. The second-order valence-electron chi connectivity index (χ2n) is 2.62. The molecule has 0 unspecified atom stereocenters. The van der Waals surface area contributed by atoms with E-state index < -0.39 is 0 Å². The minimum atomic E-state index is 0.110. The zero-order valence-electron chi connectivity index (χ0n) is 9.02. The molecule has 1 rings (SSSR count). The molecule has 4 nitrogen and oxygen atoms in total. The third-order valence-corrected chi connectivity index (χ3v) is 3.43. The molecule has 1 aromatic heterocycles. The van der Waals surface area contributed by atoms with Crippen molar-refractivity contribution < 1.29 is 0 Å². The normalized spacial score (nSPS) is 9.50. The molecule has 0 N–H and O–H groups in total. The summed E-state index contributed by atoms with van der Waals surface area (Å²) in [5, 5.41) is 19.2. The van der Waals surface area contributed by atoms with Crippen LogP contribution >= 0.6 is 23.5 Å². The highest BCUT2D eigenvalue weighted by molar-refractivity contribution is 8.02. The summed E-state index contributed by atoms with van der Waals surface area (Å²) in [6.45, 7) is 4.02. The Balaban J connectivity index is 3.26. The highest BCUT2D eigenvalue weighted by Crippen LogP contribution is 2.28. The van der Waals surface area contributed by atoms with Crippen molar-refractivity contribution in [3.8, 4) is 12.1 Å². The van der Waals surface area contributed by atoms with Crippen LogP contribution in [-0.2, 0) is 0 Å². The third-order valence-electron chi connectivity index (χ3n) is 1.61. The Morgan fingerprint density at radius 1 is 0.938 bits per heavy atom. The van der Waals surface area contributed by atoms with E-state index in [-0.39, 0.29) is 11.4 Å². The second kappa shape index (κ2) is 6.37. The molecular formula is C10H10N4S2. The van der Waals surface area contributed by atoms with Crippen LogP contribution in [0.25, 0.3) is 0 Å². The average molecular weight is 250 g/mol. The molecule has 1 aromatic rings. The summed E-state index contributed by atoms with van der Waals surface area (Å²) in [6, 6.07) is 3.79. The van der Waals surface area contributed by atoms with Gasteiger partial charge in [-0.25, -0.2) is 9.97 Å². The van der Waals surface area contributed by atoms with Crippen LogP contribution in [0.2, 0.25) is 0 Å². The molecule has 0 aliphatic heterocycles. The van der Waals surface area contributed by atoms with Crippen LogP contribution in [0.15, 0.2) is 10.1 Å². The van der Waals surface area contributed by atoms with Gasteiger partial charge < -0.3 is 0 Å². The summed E-state index contributed by atoms with van der Waals surface area (Å²) in [5.74, 6) is 1.73. The Kier molecular flexibility index (Phi) is 5.10. The summed E-state index contributed by atoms with van der Waals surface area (Å²) in [5.41, 5.74) is 0.220. The Morgan fingerprint density at radius 2 is 1.31 bits per heavy atom. The van der Waals surface area contributed by atoms with Crippen molar-refractivity contribution in [1.29, 1.82) is 10.5 Å². The highest BCUT2D eigenvalue weighted by atomic mass is 32.2. The lowest BCUT2D eigenvalue weighted by Gasteiger charge is -2.05. The van der Waals surface area contributed by atoms with E-state index in [1.54, 1.807) is 0 Å². The largest absolute Gasteiger partial charge is 0.225 e. The molecule has 16 heavy (non-hydrogen) atoms. The lowest BCUT2D eigenvalue weighted by atomic mass is 10.3. The van der Waals surface area contributed by atoms with Gasteiger partial charge >= 0.3 is 0 Å². The van der Waals surface area contributed by atoms with Crippen molar-refractivity contribution in [2.75, 3.05) is 11.5 Å². The summed E-state index contributed by atoms with van der Waals surface area (Å²) < 4.78 is 0. The van der Waals surface area contributed by atoms with Crippen molar-refractivity contribution in [3.63, 3.8) is 0 Å². The summed E-state index contributed by atoms with van der Waals surface area (Å²) in [4.78, 5) is 8.33. The molecule has 0 bridgehead atoms. The first-order valence-electron chi connectivity index (χ1n) is 4.74. The third kappa shape index (κ3) is 2.88. The average Bonchev–Trinajstić information content (AvgIpc) is 2.31. The van der Waals surface area contributed by atoms with Crippen molar-refractivity contribution >= 4 is 23.5 Å². The van der Waals surface area contributed by atoms with E-state index in [1.807, 2.05) is 26.0 Å². The van der Waals surface area contributed by atoms with Gasteiger partial charge in [0.25, 0.3) is 0 Å². The van der Waals surface area contributed by atoms with Gasteiger partial charge in [-0.2, -0.15) is 10.5 Å². The van der Waals surface area contributed by atoms with E-state index in [4.69, 9.17) is 10.5 Å². The molecule has 1 heterocycles.